The Bertz CT molecular complexity index is 972. The van der Waals surface area contributed by atoms with Crippen LogP contribution in [0.15, 0.2) is 11.1 Å². The molecule has 1 fully saturated rings. The second kappa shape index (κ2) is 7.21. The molecule has 160 valence electrons. The topological polar surface area (TPSA) is 93.2 Å². The molecule has 0 amide bonds. The molecule has 0 atom stereocenters. The van der Waals surface area contributed by atoms with Crippen molar-refractivity contribution < 1.29 is 23.1 Å². The number of aldehydes is 1. The van der Waals surface area contributed by atoms with Gasteiger partial charge in [-0.1, -0.05) is 13.8 Å². The van der Waals surface area contributed by atoms with E-state index in [4.69, 9.17) is 0 Å². The number of hydrogen-bond acceptors (Lipinski definition) is 6. The first-order valence-electron chi connectivity index (χ1n) is 9.26. The van der Waals surface area contributed by atoms with Crippen LogP contribution in [0.3, 0.4) is 0 Å². The summed E-state index contributed by atoms with van der Waals surface area (Å²) in [7, 11) is 1.11. The lowest BCUT2D eigenvalue weighted by Crippen LogP contribution is -2.50. The molecule has 1 saturated heterocycles. The molecule has 3 heterocycles. The number of carbonyl (C=O) groups is 1. The standard InChI is InChI=1S/C18H24F3N5O3/c1-16(2,10-27)8-25-6-4-17(29,5-7-25)9-26-11-22-12-13(15(26)28)23-24(3)14(12)18(19,20)21/h10-11,29H,4-9H2,1-3H3. The Hall–Kier alpha value is -2.27. The summed E-state index contributed by atoms with van der Waals surface area (Å²) in [5.41, 5.74) is -4.37. The second-order valence-corrected chi connectivity index (χ2v) is 8.45. The monoisotopic (exact) mass is 415 g/mol. The van der Waals surface area contributed by atoms with Gasteiger partial charge in [0.2, 0.25) is 0 Å². The van der Waals surface area contributed by atoms with Crippen LogP contribution in [-0.4, -0.2) is 60.9 Å². The van der Waals surface area contributed by atoms with Crippen LogP contribution < -0.4 is 5.56 Å². The van der Waals surface area contributed by atoms with Crippen LogP contribution in [0.5, 0.6) is 0 Å². The van der Waals surface area contributed by atoms with Crippen molar-refractivity contribution in [2.24, 2.45) is 12.5 Å². The van der Waals surface area contributed by atoms with Gasteiger partial charge in [-0.25, -0.2) is 4.98 Å². The van der Waals surface area contributed by atoms with E-state index < -0.39 is 34.0 Å². The number of hydrogen-bond donors (Lipinski definition) is 1. The zero-order chi connectivity index (χ0) is 21.6. The van der Waals surface area contributed by atoms with Crippen molar-refractivity contribution in [3.05, 3.63) is 22.4 Å². The molecule has 1 N–H and O–H groups in total. The van der Waals surface area contributed by atoms with Gasteiger partial charge < -0.3 is 14.8 Å². The summed E-state index contributed by atoms with van der Waals surface area (Å²) in [6, 6.07) is 0. The molecule has 2 aromatic heterocycles. The number of likely N-dealkylation sites (tertiary alicyclic amines) is 1. The van der Waals surface area contributed by atoms with Crippen molar-refractivity contribution in [2.45, 2.75) is 45.0 Å². The van der Waals surface area contributed by atoms with Crippen LogP contribution in [0, 0.1) is 5.41 Å². The molecule has 0 aliphatic carbocycles. The largest absolute Gasteiger partial charge is 0.435 e. The van der Waals surface area contributed by atoms with Crippen molar-refractivity contribution in [3.8, 4) is 0 Å². The van der Waals surface area contributed by atoms with E-state index in [1.54, 1.807) is 0 Å². The highest BCUT2D eigenvalue weighted by atomic mass is 19.4. The molecule has 29 heavy (non-hydrogen) atoms. The summed E-state index contributed by atoms with van der Waals surface area (Å²) in [6.45, 7) is 5.23. The van der Waals surface area contributed by atoms with Crippen LogP contribution in [0.4, 0.5) is 13.2 Å². The minimum Gasteiger partial charge on any atom is -0.388 e. The average Bonchev–Trinajstić information content (AvgIpc) is 2.97. The Labute approximate surface area is 164 Å². The molecule has 0 unspecified atom stereocenters. The van der Waals surface area contributed by atoms with Crippen molar-refractivity contribution >= 4 is 17.3 Å². The third kappa shape index (κ3) is 4.35. The SMILES string of the molecule is Cn1nc2c(=O)n(CC3(O)CCN(CC(C)(C)C=O)CC3)cnc2c1C(F)(F)F. The maximum Gasteiger partial charge on any atom is 0.435 e. The molecule has 1 aliphatic heterocycles. The molecule has 0 aromatic carbocycles. The van der Waals surface area contributed by atoms with E-state index in [1.807, 2.05) is 13.8 Å². The molecule has 0 bridgehead atoms. The number of aromatic nitrogens is 4. The lowest BCUT2D eigenvalue weighted by molar-refractivity contribution is -0.142. The minimum absolute atomic E-state index is 0.0857. The van der Waals surface area contributed by atoms with Gasteiger partial charge in [0.1, 0.15) is 11.8 Å². The molecule has 8 nitrogen and oxygen atoms in total. The number of rotatable bonds is 5. The summed E-state index contributed by atoms with van der Waals surface area (Å²) < 4.78 is 41.3. The molecule has 0 radical (unpaired) electrons. The van der Waals surface area contributed by atoms with E-state index in [9.17, 15) is 27.9 Å². The van der Waals surface area contributed by atoms with Gasteiger partial charge in [0.25, 0.3) is 5.56 Å². The van der Waals surface area contributed by atoms with E-state index >= 15 is 0 Å². The summed E-state index contributed by atoms with van der Waals surface area (Å²) >= 11 is 0. The van der Waals surface area contributed by atoms with Crippen LogP contribution in [0.1, 0.15) is 32.4 Å². The third-order valence-electron chi connectivity index (χ3n) is 5.28. The van der Waals surface area contributed by atoms with Gasteiger partial charge in [-0.05, 0) is 12.8 Å². The molecule has 0 saturated carbocycles. The van der Waals surface area contributed by atoms with Crippen molar-refractivity contribution in [3.63, 3.8) is 0 Å². The third-order valence-corrected chi connectivity index (χ3v) is 5.28. The minimum atomic E-state index is -4.69. The predicted octanol–water partition coefficient (Wildman–Crippen LogP) is 1.20. The smallest absolute Gasteiger partial charge is 0.388 e. The number of aliphatic hydroxyl groups is 1. The van der Waals surface area contributed by atoms with Gasteiger partial charge in [-0.3, -0.25) is 14.0 Å². The first-order chi connectivity index (χ1) is 13.4. The van der Waals surface area contributed by atoms with Crippen LogP contribution in [0.25, 0.3) is 11.0 Å². The van der Waals surface area contributed by atoms with Crippen molar-refractivity contribution in [1.82, 2.24) is 24.2 Å². The molecular formula is C18H24F3N5O3. The molecule has 2 aromatic rings. The fourth-order valence-electron chi connectivity index (χ4n) is 3.74. The summed E-state index contributed by atoms with van der Waals surface area (Å²) in [5, 5.41) is 14.6. The maximum atomic E-state index is 13.2. The Kier molecular flexibility index (Phi) is 5.33. The van der Waals surface area contributed by atoms with Crippen molar-refractivity contribution in [2.75, 3.05) is 19.6 Å². The van der Waals surface area contributed by atoms with Gasteiger partial charge in [-0.2, -0.15) is 18.3 Å². The number of aryl methyl sites for hydroxylation is 1. The summed E-state index contributed by atoms with van der Waals surface area (Å²) in [4.78, 5) is 29.6. The van der Waals surface area contributed by atoms with E-state index in [2.05, 4.69) is 15.0 Å². The normalized spacial score (nSPS) is 18.3. The first kappa shape index (κ1) is 21.4. The van der Waals surface area contributed by atoms with Gasteiger partial charge in [-0.15, -0.1) is 0 Å². The van der Waals surface area contributed by atoms with Crippen LogP contribution in [0.2, 0.25) is 0 Å². The molecule has 3 rings (SSSR count). The van der Waals surface area contributed by atoms with E-state index in [0.29, 0.717) is 37.2 Å². The van der Waals surface area contributed by atoms with Crippen molar-refractivity contribution in [1.29, 1.82) is 0 Å². The number of piperidine rings is 1. The molecular weight excluding hydrogens is 391 g/mol. The van der Waals surface area contributed by atoms with Gasteiger partial charge in [0.15, 0.2) is 11.2 Å². The second-order valence-electron chi connectivity index (χ2n) is 8.45. The van der Waals surface area contributed by atoms with Gasteiger partial charge in [0.05, 0.1) is 18.5 Å². The highest BCUT2D eigenvalue weighted by Crippen LogP contribution is 2.32. The van der Waals surface area contributed by atoms with Crippen LogP contribution in [-0.2, 0) is 24.6 Å². The Morgan fingerprint density at radius 3 is 2.41 bits per heavy atom. The average molecular weight is 415 g/mol. The first-order valence-corrected chi connectivity index (χ1v) is 9.26. The number of carbonyl (C=O) groups excluding carboxylic acids is 1. The Morgan fingerprint density at radius 1 is 1.24 bits per heavy atom. The number of fused-ring (bicyclic) bond motifs is 1. The summed E-state index contributed by atoms with van der Waals surface area (Å²) in [5.74, 6) is 0. The number of alkyl halides is 3. The highest BCUT2D eigenvalue weighted by Gasteiger charge is 2.39. The lowest BCUT2D eigenvalue weighted by atomic mass is 9.88. The predicted molar refractivity (Wildman–Crippen MR) is 98.2 cm³/mol. The number of nitrogens with zero attached hydrogens (tertiary/aromatic N) is 5. The molecule has 1 aliphatic rings. The molecule has 11 heteroatoms. The highest BCUT2D eigenvalue weighted by molar-refractivity contribution is 5.76. The quantitative estimate of drug-likeness (QED) is 0.738. The lowest BCUT2D eigenvalue weighted by Gasteiger charge is -2.40. The number of halogens is 3. The molecule has 0 spiro atoms. The van der Waals surface area contributed by atoms with Gasteiger partial charge >= 0.3 is 6.18 Å². The van der Waals surface area contributed by atoms with Gasteiger partial charge in [0, 0.05) is 32.1 Å². The summed E-state index contributed by atoms with van der Waals surface area (Å²) in [6.07, 6.45) is -2.03. The van der Waals surface area contributed by atoms with E-state index in [1.165, 1.54) is 0 Å². The van der Waals surface area contributed by atoms with E-state index in [-0.39, 0.29) is 12.1 Å². The Morgan fingerprint density at radius 2 is 1.86 bits per heavy atom. The zero-order valence-corrected chi connectivity index (χ0v) is 16.5. The Balaban J connectivity index is 1.80. The maximum absolute atomic E-state index is 13.2. The van der Waals surface area contributed by atoms with Crippen LogP contribution >= 0.6 is 0 Å². The van der Waals surface area contributed by atoms with E-state index in [0.717, 1.165) is 24.2 Å². The fraction of sp³-hybridized carbons (Fsp3) is 0.667. The fourth-order valence-corrected chi connectivity index (χ4v) is 3.74. The zero-order valence-electron chi connectivity index (χ0n) is 16.5.